The van der Waals surface area contributed by atoms with E-state index in [1.165, 1.54) is 25.3 Å². The third-order valence-corrected chi connectivity index (χ3v) is 3.81. The van der Waals surface area contributed by atoms with Crippen LogP contribution in [0.1, 0.15) is 17.3 Å². The number of benzene rings is 1. The number of nitrogens with one attached hydrogen (secondary N) is 1. The summed E-state index contributed by atoms with van der Waals surface area (Å²) in [6.07, 6.45) is 0.372. The lowest BCUT2D eigenvalue weighted by Gasteiger charge is -2.14. The van der Waals surface area contributed by atoms with E-state index in [4.69, 9.17) is 16.3 Å². The molecule has 5 nitrogen and oxygen atoms in total. The summed E-state index contributed by atoms with van der Waals surface area (Å²) in [4.78, 5) is 27.9. The number of hydrogen-bond donors (Lipinski definition) is 1. The van der Waals surface area contributed by atoms with E-state index < -0.39 is 23.8 Å². The number of rotatable bonds is 4. The molecule has 2 aromatic rings. The SMILES string of the molecule is C[C@H](OC(=O)c1cc(F)ccc1Br)C(=O)Nc1cccnc1Cl. The molecule has 1 N–H and O–H groups in total. The Morgan fingerprint density at radius 1 is 1.39 bits per heavy atom. The molecule has 1 aromatic carbocycles. The molecule has 0 aliphatic rings. The van der Waals surface area contributed by atoms with Crippen LogP contribution in [0.25, 0.3) is 0 Å². The maximum atomic E-state index is 13.2. The number of carbonyl (C=O) groups is 2. The van der Waals surface area contributed by atoms with Gasteiger partial charge < -0.3 is 10.1 Å². The predicted molar refractivity (Wildman–Crippen MR) is 86.9 cm³/mol. The maximum Gasteiger partial charge on any atom is 0.340 e. The number of hydrogen-bond acceptors (Lipinski definition) is 4. The highest BCUT2D eigenvalue weighted by atomic mass is 79.9. The number of esters is 1. The Kier molecular flexibility index (Phi) is 5.68. The second-order valence-corrected chi connectivity index (χ2v) is 5.72. The minimum absolute atomic E-state index is 0.0101. The van der Waals surface area contributed by atoms with Crippen LogP contribution in [0.2, 0.25) is 5.15 Å². The normalized spacial score (nSPS) is 11.7. The highest BCUT2D eigenvalue weighted by molar-refractivity contribution is 9.10. The van der Waals surface area contributed by atoms with Crippen LogP contribution in [0, 0.1) is 5.82 Å². The lowest BCUT2D eigenvalue weighted by molar-refractivity contribution is -0.123. The smallest absolute Gasteiger partial charge is 0.340 e. The quantitative estimate of drug-likeness (QED) is 0.625. The van der Waals surface area contributed by atoms with Crippen molar-refractivity contribution in [2.24, 2.45) is 0 Å². The van der Waals surface area contributed by atoms with Crippen LogP contribution in [0.5, 0.6) is 0 Å². The van der Waals surface area contributed by atoms with Crippen molar-refractivity contribution in [2.75, 3.05) is 5.32 Å². The Bertz CT molecular complexity index is 757. The third kappa shape index (κ3) is 4.49. The fourth-order valence-electron chi connectivity index (χ4n) is 1.65. The van der Waals surface area contributed by atoms with E-state index in [1.54, 1.807) is 12.1 Å². The van der Waals surface area contributed by atoms with Crippen molar-refractivity contribution >= 4 is 45.1 Å². The Labute approximate surface area is 144 Å². The van der Waals surface area contributed by atoms with Gasteiger partial charge in [0.2, 0.25) is 0 Å². The molecule has 1 amide bonds. The van der Waals surface area contributed by atoms with Crippen molar-refractivity contribution in [3.05, 3.63) is 57.5 Å². The first-order chi connectivity index (χ1) is 10.9. The van der Waals surface area contributed by atoms with Gasteiger partial charge in [-0.2, -0.15) is 0 Å². The molecule has 23 heavy (non-hydrogen) atoms. The van der Waals surface area contributed by atoms with Crippen molar-refractivity contribution < 1.29 is 18.7 Å². The van der Waals surface area contributed by atoms with E-state index in [-0.39, 0.29) is 10.7 Å². The van der Waals surface area contributed by atoms with Crippen molar-refractivity contribution in [3.8, 4) is 0 Å². The number of nitrogens with zero attached hydrogens (tertiary/aromatic N) is 1. The third-order valence-electron chi connectivity index (χ3n) is 2.82. The van der Waals surface area contributed by atoms with Gasteiger partial charge in [-0.05, 0) is 53.2 Å². The number of amides is 1. The zero-order chi connectivity index (χ0) is 17.0. The molecule has 0 radical (unpaired) electrons. The van der Waals surface area contributed by atoms with Gasteiger partial charge in [-0.15, -0.1) is 0 Å². The van der Waals surface area contributed by atoms with Gasteiger partial charge >= 0.3 is 5.97 Å². The van der Waals surface area contributed by atoms with E-state index in [2.05, 4.69) is 26.2 Å². The van der Waals surface area contributed by atoms with Gasteiger partial charge in [-0.25, -0.2) is 14.2 Å². The molecule has 120 valence electrons. The molecule has 2 rings (SSSR count). The van der Waals surface area contributed by atoms with Gasteiger partial charge in [-0.1, -0.05) is 11.6 Å². The highest BCUT2D eigenvalue weighted by Crippen LogP contribution is 2.20. The van der Waals surface area contributed by atoms with E-state index in [9.17, 15) is 14.0 Å². The Hall–Kier alpha value is -1.99. The maximum absolute atomic E-state index is 13.2. The summed E-state index contributed by atoms with van der Waals surface area (Å²) in [5.41, 5.74) is 0.290. The monoisotopic (exact) mass is 400 g/mol. The molecule has 8 heteroatoms. The van der Waals surface area contributed by atoms with E-state index in [1.807, 2.05) is 0 Å². The summed E-state index contributed by atoms with van der Waals surface area (Å²) in [6, 6.07) is 6.76. The van der Waals surface area contributed by atoms with Crippen LogP contribution in [0.3, 0.4) is 0 Å². The molecule has 0 unspecified atom stereocenters. The number of aromatic nitrogens is 1. The highest BCUT2D eigenvalue weighted by Gasteiger charge is 2.21. The molecule has 1 aromatic heterocycles. The summed E-state index contributed by atoms with van der Waals surface area (Å²) in [6.45, 7) is 1.39. The molecular formula is C15H11BrClFN2O3. The molecule has 0 aliphatic heterocycles. The van der Waals surface area contributed by atoms with Crippen molar-refractivity contribution in [3.63, 3.8) is 0 Å². The fourth-order valence-corrected chi connectivity index (χ4v) is 2.22. The van der Waals surface area contributed by atoms with Crippen molar-refractivity contribution in [1.82, 2.24) is 4.98 Å². The molecule has 0 fully saturated rings. The number of pyridine rings is 1. The van der Waals surface area contributed by atoms with Gasteiger partial charge in [0, 0.05) is 10.7 Å². The van der Waals surface area contributed by atoms with E-state index in [0.717, 1.165) is 6.07 Å². The standard InChI is InChI=1S/C15H11BrClFN2O3/c1-8(14(21)20-12-3-2-6-19-13(12)17)23-15(22)10-7-9(18)4-5-11(10)16/h2-8H,1H3,(H,20,21)/t8-/m0/s1. The molecular weight excluding hydrogens is 391 g/mol. The second-order valence-electron chi connectivity index (χ2n) is 4.50. The number of carbonyl (C=O) groups excluding carboxylic acids is 2. The van der Waals surface area contributed by atoms with Gasteiger partial charge in [-0.3, -0.25) is 4.79 Å². The summed E-state index contributed by atoms with van der Waals surface area (Å²) >= 11 is 8.96. The average Bonchev–Trinajstić information content (AvgIpc) is 2.51. The predicted octanol–water partition coefficient (Wildman–Crippen LogP) is 3.82. The summed E-state index contributed by atoms with van der Waals surface area (Å²) < 4.78 is 18.6. The molecule has 0 saturated heterocycles. The first-order valence-corrected chi connectivity index (χ1v) is 7.63. The minimum Gasteiger partial charge on any atom is -0.449 e. The topological polar surface area (TPSA) is 68.3 Å². The van der Waals surface area contributed by atoms with Crippen molar-refractivity contribution in [2.45, 2.75) is 13.0 Å². The summed E-state index contributed by atoms with van der Waals surface area (Å²) in [5, 5.41) is 2.61. The first kappa shape index (κ1) is 17.4. The van der Waals surface area contributed by atoms with Gasteiger partial charge in [0.15, 0.2) is 11.3 Å². The largest absolute Gasteiger partial charge is 0.449 e. The number of halogens is 3. The number of anilines is 1. The van der Waals surface area contributed by atoms with Crippen LogP contribution in [0.15, 0.2) is 41.0 Å². The molecule has 1 heterocycles. The fraction of sp³-hybridized carbons (Fsp3) is 0.133. The second kappa shape index (κ2) is 7.52. The summed E-state index contributed by atoms with van der Waals surface area (Å²) in [7, 11) is 0. The minimum atomic E-state index is -1.10. The Morgan fingerprint density at radius 3 is 2.83 bits per heavy atom. The molecule has 1 atom stereocenters. The number of ether oxygens (including phenoxy) is 1. The van der Waals surface area contributed by atoms with Crippen LogP contribution < -0.4 is 5.32 Å². The average molecular weight is 402 g/mol. The van der Waals surface area contributed by atoms with E-state index in [0.29, 0.717) is 10.2 Å². The molecule has 0 spiro atoms. The van der Waals surface area contributed by atoms with Gasteiger partial charge in [0.05, 0.1) is 11.3 Å². The molecule has 0 bridgehead atoms. The molecule has 0 aliphatic carbocycles. The van der Waals surface area contributed by atoms with Crippen LogP contribution in [0.4, 0.5) is 10.1 Å². The molecule has 0 saturated carbocycles. The van der Waals surface area contributed by atoms with Crippen LogP contribution in [-0.2, 0) is 9.53 Å². The summed E-state index contributed by atoms with van der Waals surface area (Å²) in [5.74, 6) is -1.99. The van der Waals surface area contributed by atoms with Crippen LogP contribution in [-0.4, -0.2) is 23.0 Å². The van der Waals surface area contributed by atoms with Crippen molar-refractivity contribution in [1.29, 1.82) is 0 Å². The lowest BCUT2D eigenvalue weighted by Crippen LogP contribution is -2.30. The zero-order valence-electron chi connectivity index (χ0n) is 11.8. The Balaban J connectivity index is 2.05. The van der Waals surface area contributed by atoms with Crippen LogP contribution >= 0.6 is 27.5 Å². The van der Waals surface area contributed by atoms with Gasteiger partial charge in [0.1, 0.15) is 5.82 Å². The Morgan fingerprint density at radius 2 is 2.13 bits per heavy atom. The van der Waals surface area contributed by atoms with Gasteiger partial charge in [0.25, 0.3) is 5.91 Å². The van der Waals surface area contributed by atoms with E-state index >= 15 is 0 Å². The lowest BCUT2D eigenvalue weighted by atomic mass is 10.2. The first-order valence-electron chi connectivity index (χ1n) is 6.46. The zero-order valence-corrected chi connectivity index (χ0v) is 14.2.